The number of hydrogen-bond acceptors (Lipinski definition) is 4. The molecule has 2 atom stereocenters. The molecule has 0 radical (unpaired) electrons. The summed E-state index contributed by atoms with van der Waals surface area (Å²) in [5, 5.41) is 3.08. The molecule has 3 aromatic rings. The van der Waals surface area contributed by atoms with Crippen LogP contribution in [-0.2, 0) is 11.3 Å². The minimum atomic E-state index is -0.111. The van der Waals surface area contributed by atoms with E-state index in [-0.39, 0.29) is 23.2 Å². The predicted octanol–water partition coefficient (Wildman–Crippen LogP) is 5.35. The zero-order valence-electron chi connectivity index (χ0n) is 18.9. The second-order valence-corrected chi connectivity index (χ2v) is 9.07. The Labute approximate surface area is 199 Å². The highest BCUT2D eigenvalue weighted by Gasteiger charge is 2.32. The third-order valence-electron chi connectivity index (χ3n) is 5.85. The summed E-state index contributed by atoms with van der Waals surface area (Å²) >= 11 is 1.63. The first-order valence-electron chi connectivity index (χ1n) is 11.1. The summed E-state index contributed by atoms with van der Waals surface area (Å²) in [7, 11) is 1.64. The zero-order valence-corrected chi connectivity index (χ0v) is 19.7. The Hall–Kier alpha value is -3.25. The molecule has 3 aromatic carbocycles. The van der Waals surface area contributed by atoms with Crippen LogP contribution < -0.4 is 10.1 Å². The number of benzene rings is 3. The average molecular weight is 461 g/mol. The van der Waals surface area contributed by atoms with Gasteiger partial charge in [-0.2, -0.15) is 0 Å². The van der Waals surface area contributed by atoms with Crippen molar-refractivity contribution in [3.05, 3.63) is 101 Å². The molecular formula is C27H28N2O3S. The monoisotopic (exact) mass is 460 g/mol. The average Bonchev–Trinajstić information content (AvgIpc) is 3.23. The van der Waals surface area contributed by atoms with Gasteiger partial charge in [-0.3, -0.25) is 9.59 Å². The number of methoxy groups -OCH3 is 1. The van der Waals surface area contributed by atoms with Gasteiger partial charge in [0, 0.05) is 12.1 Å². The van der Waals surface area contributed by atoms with E-state index in [1.54, 1.807) is 18.9 Å². The van der Waals surface area contributed by atoms with E-state index in [0.29, 0.717) is 17.9 Å². The van der Waals surface area contributed by atoms with Gasteiger partial charge in [0.25, 0.3) is 5.91 Å². The van der Waals surface area contributed by atoms with Crippen molar-refractivity contribution in [2.45, 2.75) is 31.3 Å². The maximum Gasteiger partial charge on any atom is 0.251 e. The molecule has 170 valence electrons. The molecule has 1 saturated heterocycles. The van der Waals surface area contributed by atoms with Gasteiger partial charge in [0.15, 0.2) is 0 Å². The number of ether oxygens (including phenoxy) is 1. The Balaban J connectivity index is 1.44. The maximum absolute atomic E-state index is 12.9. The molecule has 1 aliphatic heterocycles. The van der Waals surface area contributed by atoms with Crippen LogP contribution >= 0.6 is 11.8 Å². The van der Waals surface area contributed by atoms with Gasteiger partial charge in [0.2, 0.25) is 5.91 Å². The number of hydrogen-bond donors (Lipinski definition) is 1. The van der Waals surface area contributed by atoms with Crippen LogP contribution in [-0.4, -0.2) is 29.6 Å². The van der Waals surface area contributed by atoms with E-state index in [0.717, 1.165) is 28.9 Å². The fraction of sp³-hybridized carbons (Fsp3) is 0.259. The van der Waals surface area contributed by atoms with Crippen molar-refractivity contribution in [3.63, 3.8) is 0 Å². The van der Waals surface area contributed by atoms with Gasteiger partial charge in [-0.25, -0.2) is 0 Å². The van der Waals surface area contributed by atoms with Crippen LogP contribution in [0.25, 0.3) is 0 Å². The number of carbonyl (C=O) groups excluding carboxylic acids is 2. The van der Waals surface area contributed by atoms with Gasteiger partial charge in [0.05, 0.1) is 18.9 Å². The fourth-order valence-corrected chi connectivity index (χ4v) is 5.17. The number of nitrogens with zero attached hydrogens (tertiary/aromatic N) is 1. The van der Waals surface area contributed by atoms with E-state index in [1.165, 1.54) is 0 Å². The quantitative estimate of drug-likeness (QED) is 0.492. The van der Waals surface area contributed by atoms with Gasteiger partial charge < -0.3 is 15.0 Å². The summed E-state index contributed by atoms with van der Waals surface area (Å²) in [6.45, 7) is 2.63. The minimum absolute atomic E-state index is 0.0440. The lowest BCUT2D eigenvalue weighted by molar-refractivity contribution is -0.128. The van der Waals surface area contributed by atoms with E-state index < -0.39 is 0 Å². The molecule has 0 unspecified atom stereocenters. The molecule has 4 rings (SSSR count). The van der Waals surface area contributed by atoms with Crippen molar-refractivity contribution >= 4 is 23.6 Å². The van der Waals surface area contributed by atoms with E-state index in [9.17, 15) is 9.59 Å². The highest BCUT2D eigenvalue weighted by Crippen LogP contribution is 2.39. The Morgan fingerprint density at radius 3 is 2.39 bits per heavy atom. The Bertz CT molecular complexity index is 1080. The first kappa shape index (κ1) is 22.9. The molecule has 0 saturated carbocycles. The summed E-state index contributed by atoms with van der Waals surface area (Å²) < 4.78 is 5.22. The standard InChI is InChI=1S/C27H28N2O3S/c1-3-24(20-13-15-23(32-2)16-14-20)28-26(31)21-9-11-22(12-10-21)27-29(25(30)18-33-27)17-19-7-5-4-6-8-19/h4-16,24,27H,3,17-18H2,1-2H3,(H,28,31)/t24-,27-/m0/s1. The van der Waals surface area contributed by atoms with E-state index in [2.05, 4.69) is 5.32 Å². The Morgan fingerprint density at radius 2 is 1.76 bits per heavy atom. The molecule has 1 heterocycles. The van der Waals surface area contributed by atoms with Gasteiger partial charge in [-0.1, -0.05) is 61.5 Å². The lowest BCUT2D eigenvalue weighted by Gasteiger charge is -2.24. The predicted molar refractivity (Wildman–Crippen MR) is 132 cm³/mol. The van der Waals surface area contributed by atoms with Crippen molar-refractivity contribution in [1.82, 2.24) is 10.2 Å². The molecule has 0 spiro atoms. The molecule has 0 bridgehead atoms. The normalized spacial score (nSPS) is 16.5. The second-order valence-electron chi connectivity index (χ2n) is 8.00. The number of rotatable bonds is 8. The highest BCUT2D eigenvalue weighted by molar-refractivity contribution is 8.00. The van der Waals surface area contributed by atoms with Gasteiger partial charge in [0.1, 0.15) is 11.1 Å². The molecule has 0 aromatic heterocycles. The maximum atomic E-state index is 12.9. The molecule has 6 heteroatoms. The molecular weight excluding hydrogens is 432 g/mol. The molecule has 0 aliphatic carbocycles. The number of amides is 2. The second kappa shape index (κ2) is 10.6. The summed E-state index contributed by atoms with van der Waals surface area (Å²) in [5.74, 6) is 1.29. The van der Waals surface area contributed by atoms with Crippen LogP contribution in [0.4, 0.5) is 0 Å². The molecule has 5 nitrogen and oxygen atoms in total. The van der Waals surface area contributed by atoms with Gasteiger partial charge in [-0.15, -0.1) is 11.8 Å². The van der Waals surface area contributed by atoms with Crippen molar-refractivity contribution < 1.29 is 14.3 Å². The first-order chi connectivity index (χ1) is 16.1. The van der Waals surface area contributed by atoms with Crippen LogP contribution in [0.15, 0.2) is 78.9 Å². The van der Waals surface area contributed by atoms with Gasteiger partial charge in [-0.05, 0) is 47.4 Å². The Kier molecular flexibility index (Phi) is 7.35. The summed E-state index contributed by atoms with van der Waals surface area (Å²) in [6.07, 6.45) is 0.783. The number of carbonyl (C=O) groups is 2. The van der Waals surface area contributed by atoms with Crippen LogP contribution in [0.5, 0.6) is 5.75 Å². The van der Waals surface area contributed by atoms with Crippen LogP contribution in [0.1, 0.15) is 51.8 Å². The van der Waals surface area contributed by atoms with Crippen LogP contribution in [0.2, 0.25) is 0 Å². The molecule has 2 amide bonds. The number of nitrogens with one attached hydrogen (secondary N) is 1. The lowest BCUT2D eigenvalue weighted by Crippen LogP contribution is -2.28. The smallest absolute Gasteiger partial charge is 0.251 e. The van der Waals surface area contributed by atoms with Crippen molar-refractivity contribution in [2.75, 3.05) is 12.9 Å². The van der Waals surface area contributed by atoms with E-state index in [1.807, 2.05) is 90.7 Å². The molecule has 1 N–H and O–H groups in total. The van der Waals surface area contributed by atoms with Crippen molar-refractivity contribution in [3.8, 4) is 5.75 Å². The van der Waals surface area contributed by atoms with Crippen molar-refractivity contribution in [2.24, 2.45) is 0 Å². The van der Waals surface area contributed by atoms with Gasteiger partial charge >= 0.3 is 0 Å². The van der Waals surface area contributed by atoms with E-state index >= 15 is 0 Å². The summed E-state index contributed by atoms with van der Waals surface area (Å²) in [4.78, 5) is 27.3. The highest BCUT2D eigenvalue weighted by atomic mass is 32.2. The van der Waals surface area contributed by atoms with Crippen molar-refractivity contribution in [1.29, 1.82) is 0 Å². The molecule has 33 heavy (non-hydrogen) atoms. The minimum Gasteiger partial charge on any atom is -0.497 e. The third-order valence-corrected chi connectivity index (χ3v) is 7.11. The zero-order chi connectivity index (χ0) is 23.2. The molecule has 1 fully saturated rings. The number of thioether (sulfide) groups is 1. The summed E-state index contributed by atoms with van der Waals surface area (Å²) in [5.41, 5.74) is 3.79. The fourth-order valence-electron chi connectivity index (χ4n) is 3.98. The lowest BCUT2D eigenvalue weighted by atomic mass is 10.0. The first-order valence-corrected chi connectivity index (χ1v) is 12.1. The summed E-state index contributed by atoms with van der Waals surface area (Å²) in [6, 6.07) is 25.3. The SMILES string of the molecule is CC[C@H](NC(=O)c1ccc([C@@H]2SCC(=O)N2Cc2ccccc2)cc1)c1ccc(OC)cc1. The van der Waals surface area contributed by atoms with E-state index in [4.69, 9.17) is 4.74 Å². The third kappa shape index (κ3) is 5.40. The topological polar surface area (TPSA) is 58.6 Å². The van der Waals surface area contributed by atoms with Crippen LogP contribution in [0.3, 0.4) is 0 Å². The Morgan fingerprint density at radius 1 is 1.06 bits per heavy atom. The molecule has 1 aliphatic rings. The van der Waals surface area contributed by atoms with Crippen LogP contribution in [0, 0.1) is 0 Å². The largest absolute Gasteiger partial charge is 0.497 e.